The van der Waals surface area contributed by atoms with Crippen molar-refractivity contribution in [2.45, 2.75) is 0 Å². The smallest absolute Gasteiger partial charge is 0.143 e. The van der Waals surface area contributed by atoms with Crippen molar-refractivity contribution in [3.05, 3.63) is 212 Å². The lowest BCUT2D eigenvalue weighted by molar-refractivity contribution is 0.669. The molecule has 3 nitrogen and oxygen atoms in total. The lowest BCUT2D eigenvalue weighted by Crippen LogP contribution is -2.10. The fourth-order valence-electron chi connectivity index (χ4n) is 9.13. The van der Waals surface area contributed by atoms with Crippen LogP contribution in [-0.4, -0.2) is 0 Å². The largest absolute Gasteiger partial charge is 0.456 e. The first-order valence-corrected chi connectivity index (χ1v) is 20.1. The van der Waals surface area contributed by atoms with E-state index in [4.69, 9.17) is 8.83 Å². The molecule has 2 aromatic heterocycles. The highest BCUT2D eigenvalue weighted by molar-refractivity contribution is 6.19. The highest BCUT2D eigenvalue weighted by Crippen LogP contribution is 2.44. The van der Waals surface area contributed by atoms with Crippen LogP contribution in [-0.2, 0) is 0 Å². The molecule has 0 fully saturated rings. The third-order valence-corrected chi connectivity index (χ3v) is 11.9. The summed E-state index contributed by atoms with van der Waals surface area (Å²) in [6.07, 6.45) is 0. The number of furan rings is 2. The summed E-state index contributed by atoms with van der Waals surface area (Å²) < 4.78 is 12.9. The van der Waals surface area contributed by atoms with Crippen LogP contribution in [0, 0.1) is 0 Å². The molecule has 0 atom stereocenters. The Morgan fingerprint density at radius 3 is 1.58 bits per heavy atom. The maximum atomic E-state index is 6.60. The number of hydrogen-bond acceptors (Lipinski definition) is 3. The van der Waals surface area contributed by atoms with E-state index >= 15 is 0 Å². The normalized spacial score (nSPS) is 11.7. The lowest BCUT2D eigenvalue weighted by atomic mass is 9.97. The molecule has 2 heterocycles. The standard InChI is InChI=1S/C56H35NO2/c1-3-16-44-36(11-1)13-8-19-45(44)38-25-30-41(31-26-38)57(42-32-27-39(28-33-42)46-20-9-23-52-54(46)49-18-5-6-22-51(49)58-52)43-15-7-14-40(35-43)47-21-10-24-53-55(47)50-34-29-37-12-2-4-17-48(37)56(50)59-53/h1-35H. The zero-order valence-corrected chi connectivity index (χ0v) is 32.0. The molecule has 0 aliphatic rings. The van der Waals surface area contributed by atoms with Gasteiger partial charge in [0.2, 0.25) is 0 Å². The molecule has 0 bridgehead atoms. The lowest BCUT2D eigenvalue weighted by Gasteiger charge is -2.26. The van der Waals surface area contributed by atoms with Crippen LogP contribution in [0.5, 0.6) is 0 Å². The van der Waals surface area contributed by atoms with E-state index in [9.17, 15) is 0 Å². The van der Waals surface area contributed by atoms with Gasteiger partial charge in [0.25, 0.3) is 0 Å². The molecule has 0 saturated heterocycles. The van der Waals surface area contributed by atoms with E-state index in [-0.39, 0.29) is 0 Å². The van der Waals surface area contributed by atoms with Gasteiger partial charge in [-0.1, -0.05) is 152 Å². The molecular weight excluding hydrogens is 719 g/mol. The van der Waals surface area contributed by atoms with Crippen molar-refractivity contribution in [2.75, 3.05) is 4.90 Å². The number of anilines is 3. The van der Waals surface area contributed by atoms with Gasteiger partial charge in [-0.3, -0.25) is 0 Å². The van der Waals surface area contributed by atoms with Crippen LogP contribution in [0.25, 0.3) is 98.8 Å². The predicted molar refractivity (Wildman–Crippen MR) is 247 cm³/mol. The number of para-hydroxylation sites is 1. The van der Waals surface area contributed by atoms with Crippen LogP contribution < -0.4 is 4.90 Å². The third kappa shape index (κ3) is 5.44. The van der Waals surface area contributed by atoms with Gasteiger partial charge in [-0.2, -0.15) is 0 Å². The van der Waals surface area contributed by atoms with E-state index in [1.165, 1.54) is 27.3 Å². The van der Waals surface area contributed by atoms with Gasteiger partial charge in [0.05, 0.1) is 0 Å². The van der Waals surface area contributed by atoms with Crippen molar-refractivity contribution < 1.29 is 8.83 Å². The molecule has 0 saturated carbocycles. The minimum Gasteiger partial charge on any atom is -0.456 e. The molecule has 0 aliphatic heterocycles. The zero-order chi connectivity index (χ0) is 38.9. The minimum atomic E-state index is 0.885. The third-order valence-electron chi connectivity index (χ3n) is 11.9. The highest BCUT2D eigenvalue weighted by atomic mass is 16.3. The Balaban J connectivity index is 1.00. The fraction of sp³-hybridized carbons (Fsp3) is 0. The SMILES string of the molecule is c1cc(-c2cccc3oc4c5ccccc5ccc4c23)cc(N(c2ccc(-c3cccc4ccccc34)cc2)c2ccc(-c3cccc4oc5ccccc5c34)cc2)c1. The van der Waals surface area contributed by atoms with Crippen LogP contribution in [0.3, 0.4) is 0 Å². The van der Waals surface area contributed by atoms with Gasteiger partial charge >= 0.3 is 0 Å². The molecule has 276 valence electrons. The van der Waals surface area contributed by atoms with Gasteiger partial charge in [0.15, 0.2) is 0 Å². The van der Waals surface area contributed by atoms with Gasteiger partial charge < -0.3 is 13.7 Å². The number of benzene rings is 10. The number of rotatable bonds is 6. The van der Waals surface area contributed by atoms with E-state index in [0.29, 0.717) is 0 Å². The Morgan fingerprint density at radius 2 is 0.814 bits per heavy atom. The predicted octanol–water partition coefficient (Wildman–Crippen LogP) is 16.3. The van der Waals surface area contributed by atoms with Crippen LogP contribution >= 0.6 is 0 Å². The summed E-state index contributed by atoms with van der Waals surface area (Å²) in [5.74, 6) is 0. The van der Waals surface area contributed by atoms with Crippen molar-refractivity contribution in [1.82, 2.24) is 0 Å². The van der Waals surface area contributed by atoms with E-state index in [1.54, 1.807) is 0 Å². The topological polar surface area (TPSA) is 29.5 Å². The van der Waals surface area contributed by atoms with Crippen LogP contribution in [0.1, 0.15) is 0 Å². The van der Waals surface area contributed by atoms with Crippen molar-refractivity contribution in [3.8, 4) is 33.4 Å². The molecule has 12 rings (SSSR count). The van der Waals surface area contributed by atoms with Crippen molar-refractivity contribution >= 4 is 82.5 Å². The maximum Gasteiger partial charge on any atom is 0.143 e. The highest BCUT2D eigenvalue weighted by Gasteiger charge is 2.19. The first kappa shape index (κ1) is 33.3. The Kier molecular flexibility index (Phi) is 7.54. The summed E-state index contributed by atoms with van der Waals surface area (Å²) in [5, 5.41) is 9.29. The molecule has 0 unspecified atom stereocenters. The minimum absolute atomic E-state index is 0.885. The Hall–Kier alpha value is -7.88. The van der Waals surface area contributed by atoms with Crippen LogP contribution in [0.15, 0.2) is 221 Å². The van der Waals surface area contributed by atoms with Crippen molar-refractivity contribution in [1.29, 1.82) is 0 Å². The molecule has 0 N–H and O–H groups in total. The van der Waals surface area contributed by atoms with Gasteiger partial charge in [-0.15, -0.1) is 0 Å². The molecular formula is C56H35NO2. The molecule has 12 aromatic rings. The average Bonchev–Trinajstić information content (AvgIpc) is 3.89. The van der Waals surface area contributed by atoms with E-state index in [0.717, 1.165) is 88.6 Å². The zero-order valence-electron chi connectivity index (χ0n) is 32.0. The average molecular weight is 754 g/mol. The summed E-state index contributed by atoms with van der Waals surface area (Å²) in [6.45, 7) is 0. The Labute approximate surface area is 340 Å². The molecule has 0 aliphatic carbocycles. The summed E-state index contributed by atoms with van der Waals surface area (Å²) in [4.78, 5) is 2.36. The quantitative estimate of drug-likeness (QED) is 0.169. The number of hydrogen-bond donors (Lipinski definition) is 0. The van der Waals surface area contributed by atoms with E-state index in [1.807, 2.05) is 12.1 Å². The summed E-state index contributed by atoms with van der Waals surface area (Å²) in [7, 11) is 0. The Bertz CT molecular complexity index is 3550. The second-order valence-corrected chi connectivity index (χ2v) is 15.2. The van der Waals surface area contributed by atoms with Crippen molar-refractivity contribution in [2.24, 2.45) is 0 Å². The molecule has 59 heavy (non-hydrogen) atoms. The molecule has 3 heteroatoms. The fourth-order valence-corrected chi connectivity index (χ4v) is 9.13. The van der Waals surface area contributed by atoms with Gasteiger partial charge in [0.1, 0.15) is 22.3 Å². The van der Waals surface area contributed by atoms with Crippen molar-refractivity contribution in [3.63, 3.8) is 0 Å². The summed E-state index contributed by atoms with van der Waals surface area (Å²) in [5.41, 5.74) is 13.8. The first-order chi connectivity index (χ1) is 29.2. The molecule has 0 spiro atoms. The Morgan fingerprint density at radius 1 is 0.288 bits per heavy atom. The van der Waals surface area contributed by atoms with Crippen LogP contribution in [0.4, 0.5) is 17.1 Å². The van der Waals surface area contributed by atoms with Gasteiger partial charge in [-0.25, -0.2) is 0 Å². The van der Waals surface area contributed by atoms with Gasteiger partial charge in [0, 0.05) is 44.0 Å². The summed E-state index contributed by atoms with van der Waals surface area (Å²) in [6, 6.07) is 75.7. The van der Waals surface area contributed by atoms with Crippen LogP contribution in [0.2, 0.25) is 0 Å². The second-order valence-electron chi connectivity index (χ2n) is 15.2. The van der Waals surface area contributed by atoms with E-state index < -0.39 is 0 Å². The maximum absolute atomic E-state index is 6.60. The number of fused-ring (bicyclic) bond motifs is 9. The second kappa shape index (κ2) is 13.4. The molecule has 10 aromatic carbocycles. The molecule has 0 amide bonds. The monoisotopic (exact) mass is 753 g/mol. The van der Waals surface area contributed by atoms with Gasteiger partial charge in [-0.05, 0) is 110 Å². The van der Waals surface area contributed by atoms with E-state index in [2.05, 4.69) is 205 Å². The summed E-state index contributed by atoms with van der Waals surface area (Å²) >= 11 is 0. The molecule has 0 radical (unpaired) electrons. The first-order valence-electron chi connectivity index (χ1n) is 20.1. The number of nitrogens with zero attached hydrogens (tertiary/aromatic N) is 1.